The molecule has 1 aromatic carbocycles. The first-order valence-corrected chi connectivity index (χ1v) is 8.78. The molecule has 2 rings (SSSR count). The Hall–Kier alpha value is -2.26. The third kappa shape index (κ3) is 4.87. The molecule has 3 N–H and O–H groups in total. The van der Waals surface area contributed by atoms with Crippen LogP contribution in [0.5, 0.6) is 0 Å². The summed E-state index contributed by atoms with van der Waals surface area (Å²) >= 11 is 1.22. The number of carbonyl (C=O) groups excluding carboxylic acids is 1. The molecule has 24 heavy (non-hydrogen) atoms. The van der Waals surface area contributed by atoms with Crippen molar-refractivity contribution in [2.75, 3.05) is 31.5 Å². The first-order valence-electron chi connectivity index (χ1n) is 7.96. The van der Waals surface area contributed by atoms with E-state index in [-0.39, 0.29) is 11.7 Å². The smallest absolute Gasteiger partial charge is 0.321 e. The Morgan fingerprint density at radius 3 is 2.79 bits per heavy atom. The third-order valence-electron chi connectivity index (χ3n) is 3.80. The SMILES string of the molecule is CC[NH+](CC)CCCNC(=O)Nc1nc2ccc([N+](=O)[O-])cc2s1. The highest BCUT2D eigenvalue weighted by molar-refractivity contribution is 7.22. The van der Waals surface area contributed by atoms with Crippen molar-refractivity contribution >= 4 is 38.4 Å². The van der Waals surface area contributed by atoms with Gasteiger partial charge in [-0.2, -0.15) is 0 Å². The number of hydrogen-bond donors (Lipinski definition) is 3. The van der Waals surface area contributed by atoms with E-state index in [9.17, 15) is 14.9 Å². The Morgan fingerprint density at radius 2 is 2.12 bits per heavy atom. The van der Waals surface area contributed by atoms with E-state index in [1.807, 2.05) is 0 Å². The molecule has 0 saturated heterocycles. The first-order chi connectivity index (χ1) is 11.5. The van der Waals surface area contributed by atoms with Crippen LogP contribution in [0.15, 0.2) is 18.2 Å². The fourth-order valence-electron chi connectivity index (χ4n) is 2.37. The third-order valence-corrected chi connectivity index (χ3v) is 4.73. The summed E-state index contributed by atoms with van der Waals surface area (Å²) in [5, 5.41) is 16.7. The number of benzene rings is 1. The lowest BCUT2D eigenvalue weighted by Gasteiger charge is -2.15. The van der Waals surface area contributed by atoms with Crippen molar-refractivity contribution in [2.24, 2.45) is 0 Å². The van der Waals surface area contributed by atoms with Gasteiger partial charge in [-0.15, -0.1) is 0 Å². The molecule has 0 radical (unpaired) electrons. The number of nitrogens with zero attached hydrogens (tertiary/aromatic N) is 2. The number of nitro groups is 1. The minimum atomic E-state index is -0.448. The average Bonchev–Trinajstić information content (AvgIpc) is 2.96. The van der Waals surface area contributed by atoms with Crippen LogP contribution in [0.3, 0.4) is 0 Å². The molecular weight excluding hydrogens is 330 g/mol. The second kappa shape index (κ2) is 8.55. The molecular formula is C15H22N5O3S+. The van der Waals surface area contributed by atoms with Gasteiger partial charge in [0.15, 0.2) is 5.13 Å². The zero-order valence-corrected chi connectivity index (χ0v) is 14.6. The minimum absolute atomic E-state index is 0.0149. The summed E-state index contributed by atoms with van der Waals surface area (Å²) in [4.78, 5) is 28.0. The van der Waals surface area contributed by atoms with E-state index < -0.39 is 4.92 Å². The van der Waals surface area contributed by atoms with Gasteiger partial charge in [-0.1, -0.05) is 11.3 Å². The minimum Gasteiger partial charge on any atom is -0.338 e. The Morgan fingerprint density at radius 1 is 1.38 bits per heavy atom. The van der Waals surface area contributed by atoms with Crippen LogP contribution in [0.1, 0.15) is 20.3 Å². The van der Waals surface area contributed by atoms with Gasteiger partial charge in [0.1, 0.15) is 0 Å². The van der Waals surface area contributed by atoms with E-state index >= 15 is 0 Å². The van der Waals surface area contributed by atoms with Crippen molar-refractivity contribution in [2.45, 2.75) is 20.3 Å². The van der Waals surface area contributed by atoms with Gasteiger partial charge in [0.2, 0.25) is 0 Å². The lowest BCUT2D eigenvalue weighted by molar-refractivity contribution is -0.896. The second-order valence-corrected chi connectivity index (χ2v) is 6.40. The normalized spacial score (nSPS) is 11.0. The number of fused-ring (bicyclic) bond motifs is 1. The van der Waals surface area contributed by atoms with Gasteiger partial charge in [-0.05, 0) is 19.9 Å². The van der Waals surface area contributed by atoms with Crippen LogP contribution < -0.4 is 15.5 Å². The fourth-order valence-corrected chi connectivity index (χ4v) is 3.26. The number of quaternary nitrogens is 1. The summed E-state index contributed by atoms with van der Waals surface area (Å²) in [6, 6.07) is 4.14. The zero-order valence-electron chi connectivity index (χ0n) is 13.8. The number of nitrogens with one attached hydrogen (secondary N) is 3. The van der Waals surface area contributed by atoms with Crippen molar-refractivity contribution < 1.29 is 14.6 Å². The van der Waals surface area contributed by atoms with Crippen LogP contribution in [0.2, 0.25) is 0 Å². The van der Waals surface area contributed by atoms with Crippen molar-refractivity contribution in [1.82, 2.24) is 10.3 Å². The van der Waals surface area contributed by atoms with E-state index in [4.69, 9.17) is 0 Å². The van der Waals surface area contributed by atoms with Crippen LogP contribution in [0, 0.1) is 10.1 Å². The maximum Gasteiger partial charge on any atom is 0.321 e. The van der Waals surface area contributed by atoms with Crippen LogP contribution in [-0.2, 0) is 0 Å². The quantitative estimate of drug-likeness (QED) is 0.382. The van der Waals surface area contributed by atoms with Gasteiger partial charge in [0.25, 0.3) is 5.69 Å². The number of aromatic nitrogens is 1. The predicted molar refractivity (Wildman–Crippen MR) is 94.8 cm³/mol. The van der Waals surface area contributed by atoms with E-state index in [2.05, 4.69) is 29.5 Å². The fraction of sp³-hybridized carbons (Fsp3) is 0.467. The number of rotatable bonds is 8. The predicted octanol–water partition coefficient (Wildman–Crippen LogP) is 1.64. The number of anilines is 1. The van der Waals surface area contributed by atoms with Gasteiger partial charge in [-0.25, -0.2) is 9.78 Å². The lowest BCUT2D eigenvalue weighted by Crippen LogP contribution is -3.11. The molecule has 130 valence electrons. The Balaban J connectivity index is 1.85. The summed E-state index contributed by atoms with van der Waals surface area (Å²) in [7, 11) is 0. The molecule has 0 aliphatic heterocycles. The van der Waals surface area contributed by atoms with Crippen LogP contribution in [0.25, 0.3) is 10.2 Å². The van der Waals surface area contributed by atoms with Crippen LogP contribution in [0.4, 0.5) is 15.6 Å². The molecule has 0 aliphatic rings. The van der Waals surface area contributed by atoms with Crippen molar-refractivity contribution in [3.8, 4) is 0 Å². The van der Waals surface area contributed by atoms with Gasteiger partial charge >= 0.3 is 6.03 Å². The highest BCUT2D eigenvalue weighted by Crippen LogP contribution is 2.28. The molecule has 2 amide bonds. The summed E-state index contributed by atoms with van der Waals surface area (Å²) in [5.74, 6) is 0. The average molecular weight is 352 g/mol. The maximum atomic E-state index is 11.9. The van der Waals surface area contributed by atoms with Gasteiger partial charge in [0.05, 0.1) is 34.8 Å². The van der Waals surface area contributed by atoms with Crippen molar-refractivity contribution in [3.63, 3.8) is 0 Å². The number of carbonyl (C=O) groups is 1. The summed E-state index contributed by atoms with van der Waals surface area (Å²) < 4.78 is 0.671. The summed E-state index contributed by atoms with van der Waals surface area (Å²) in [6.07, 6.45) is 0.913. The molecule has 0 fully saturated rings. The number of amides is 2. The topological polar surface area (TPSA) is 102 Å². The monoisotopic (exact) mass is 352 g/mol. The molecule has 0 spiro atoms. The first kappa shape index (κ1) is 18.1. The number of thiazole rings is 1. The Labute approximate surface area is 144 Å². The highest BCUT2D eigenvalue weighted by Gasteiger charge is 2.12. The number of nitro benzene ring substituents is 1. The molecule has 0 unspecified atom stereocenters. The standard InChI is InChI=1S/C15H21N5O3S/c1-3-19(4-2)9-5-8-16-14(21)18-15-17-12-7-6-11(20(22)23)10-13(12)24-15/h6-7,10H,3-5,8-9H2,1-2H3,(H2,16,17,18,21)/p+1. The molecule has 0 saturated carbocycles. The van der Waals surface area contributed by atoms with Crippen molar-refractivity contribution in [3.05, 3.63) is 28.3 Å². The lowest BCUT2D eigenvalue weighted by atomic mass is 10.3. The molecule has 0 bridgehead atoms. The van der Waals surface area contributed by atoms with Crippen LogP contribution >= 0.6 is 11.3 Å². The van der Waals surface area contributed by atoms with Gasteiger partial charge in [0, 0.05) is 25.1 Å². The maximum absolute atomic E-state index is 11.9. The zero-order chi connectivity index (χ0) is 17.5. The van der Waals surface area contributed by atoms with E-state index in [0.29, 0.717) is 21.9 Å². The highest BCUT2D eigenvalue weighted by atomic mass is 32.1. The Bertz CT molecular complexity index is 714. The van der Waals surface area contributed by atoms with Crippen LogP contribution in [-0.4, -0.2) is 42.1 Å². The summed E-state index contributed by atoms with van der Waals surface area (Å²) in [6.45, 7) is 8.09. The molecule has 1 heterocycles. The van der Waals surface area contributed by atoms with Crippen molar-refractivity contribution in [1.29, 1.82) is 0 Å². The molecule has 0 atom stereocenters. The van der Waals surface area contributed by atoms with E-state index in [0.717, 1.165) is 26.1 Å². The van der Waals surface area contributed by atoms with Gasteiger partial charge < -0.3 is 10.2 Å². The Kier molecular flexibility index (Phi) is 6.44. The number of hydrogen-bond acceptors (Lipinski definition) is 5. The molecule has 2 aromatic rings. The molecule has 9 heteroatoms. The van der Waals surface area contributed by atoms with Gasteiger partial charge in [-0.3, -0.25) is 15.4 Å². The second-order valence-electron chi connectivity index (χ2n) is 5.37. The van der Waals surface area contributed by atoms with E-state index in [1.54, 1.807) is 6.07 Å². The molecule has 1 aromatic heterocycles. The van der Waals surface area contributed by atoms with E-state index in [1.165, 1.54) is 28.4 Å². The largest absolute Gasteiger partial charge is 0.338 e. The number of non-ortho nitro benzene ring substituents is 1. The number of urea groups is 1. The summed E-state index contributed by atoms with van der Waals surface area (Å²) in [5.41, 5.74) is 0.645. The molecule has 8 nitrogen and oxygen atoms in total. The molecule has 0 aliphatic carbocycles.